The molecule has 1 aromatic rings. The van der Waals surface area contributed by atoms with Crippen LogP contribution in [0.15, 0.2) is 24.3 Å². The van der Waals surface area contributed by atoms with E-state index < -0.39 is 0 Å². The van der Waals surface area contributed by atoms with Crippen molar-refractivity contribution >= 4 is 23.3 Å². The number of nitrogens with one attached hydrogen (secondary N) is 2. The molecule has 0 bridgehead atoms. The molecule has 0 spiro atoms. The summed E-state index contributed by atoms with van der Waals surface area (Å²) >= 11 is 0. The van der Waals surface area contributed by atoms with Crippen LogP contribution in [0.3, 0.4) is 0 Å². The van der Waals surface area contributed by atoms with E-state index >= 15 is 0 Å². The zero-order valence-corrected chi connectivity index (χ0v) is 14.3. The van der Waals surface area contributed by atoms with E-state index in [1.807, 2.05) is 12.1 Å². The molecule has 1 saturated heterocycles. The summed E-state index contributed by atoms with van der Waals surface area (Å²) in [4.78, 5) is 27.6. The Kier molecular flexibility index (Phi) is 5.23. The third kappa shape index (κ3) is 4.40. The molecule has 2 N–H and O–H groups in total. The molecule has 1 aliphatic carbocycles. The highest BCUT2D eigenvalue weighted by Crippen LogP contribution is 2.24. The minimum absolute atomic E-state index is 0.0201. The number of carbonyl (C=O) groups excluding carboxylic acids is 2. The first-order valence-electron chi connectivity index (χ1n) is 8.81. The third-order valence-electron chi connectivity index (χ3n) is 4.55. The van der Waals surface area contributed by atoms with Gasteiger partial charge >= 0.3 is 6.03 Å². The number of rotatable bonds is 6. The molecule has 1 aliphatic heterocycles. The highest BCUT2D eigenvalue weighted by Gasteiger charge is 2.23. The van der Waals surface area contributed by atoms with Crippen LogP contribution in [0.5, 0.6) is 0 Å². The predicted octanol–water partition coefficient (Wildman–Crippen LogP) is 2.10. The molecule has 2 aliphatic rings. The molecule has 6 heteroatoms. The molecule has 0 aromatic heterocycles. The zero-order chi connectivity index (χ0) is 16.9. The Morgan fingerprint density at radius 1 is 1.17 bits per heavy atom. The first-order valence-corrected chi connectivity index (χ1v) is 8.81. The molecule has 1 aromatic carbocycles. The van der Waals surface area contributed by atoms with E-state index in [0.717, 1.165) is 31.6 Å². The van der Waals surface area contributed by atoms with Gasteiger partial charge in [0.2, 0.25) is 5.91 Å². The Balaban J connectivity index is 1.53. The summed E-state index contributed by atoms with van der Waals surface area (Å²) in [5.74, 6) is -0.0201. The molecule has 1 saturated carbocycles. The molecule has 0 unspecified atom stereocenters. The maximum absolute atomic E-state index is 11.9. The van der Waals surface area contributed by atoms with Gasteiger partial charge in [-0.25, -0.2) is 4.79 Å². The van der Waals surface area contributed by atoms with Crippen LogP contribution in [0.4, 0.5) is 16.2 Å². The lowest BCUT2D eigenvalue weighted by Crippen LogP contribution is -2.42. The average molecular weight is 330 g/mol. The van der Waals surface area contributed by atoms with Crippen molar-refractivity contribution in [2.75, 3.05) is 36.0 Å². The molecule has 24 heavy (non-hydrogen) atoms. The smallest absolute Gasteiger partial charge is 0.315 e. The van der Waals surface area contributed by atoms with E-state index in [4.69, 9.17) is 0 Å². The Morgan fingerprint density at radius 2 is 1.83 bits per heavy atom. The van der Waals surface area contributed by atoms with E-state index in [1.54, 1.807) is 11.8 Å². The topological polar surface area (TPSA) is 64.7 Å². The fourth-order valence-electron chi connectivity index (χ4n) is 3.03. The Morgan fingerprint density at radius 3 is 2.42 bits per heavy atom. The second-order valence-electron chi connectivity index (χ2n) is 6.56. The van der Waals surface area contributed by atoms with Crippen molar-refractivity contribution in [2.45, 2.75) is 38.6 Å². The maximum Gasteiger partial charge on any atom is 0.315 e. The molecule has 0 atom stereocenters. The van der Waals surface area contributed by atoms with Gasteiger partial charge < -0.3 is 20.4 Å². The molecule has 130 valence electrons. The monoisotopic (exact) mass is 330 g/mol. The van der Waals surface area contributed by atoms with Gasteiger partial charge in [0, 0.05) is 50.5 Å². The number of carbonyl (C=O) groups is 2. The first-order chi connectivity index (χ1) is 11.6. The highest BCUT2D eigenvalue weighted by atomic mass is 16.2. The van der Waals surface area contributed by atoms with Gasteiger partial charge in [-0.3, -0.25) is 4.79 Å². The fraction of sp³-hybridized carbons (Fsp3) is 0.556. The highest BCUT2D eigenvalue weighted by molar-refractivity contribution is 5.91. The van der Waals surface area contributed by atoms with Gasteiger partial charge in [-0.2, -0.15) is 0 Å². The molecular formula is C18H26N4O2. The first kappa shape index (κ1) is 16.6. The van der Waals surface area contributed by atoms with Crippen LogP contribution in [0, 0.1) is 0 Å². The van der Waals surface area contributed by atoms with Gasteiger partial charge in [-0.15, -0.1) is 0 Å². The van der Waals surface area contributed by atoms with E-state index in [0.29, 0.717) is 19.1 Å². The molecular weight excluding hydrogens is 304 g/mol. The van der Waals surface area contributed by atoms with Gasteiger partial charge in [-0.1, -0.05) is 0 Å². The number of amides is 3. The van der Waals surface area contributed by atoms with Crippen LogP contribution in [-0.4, -0.2) is 44.2 Å². The molecule has 3 amide bonds. The average Bonchev–Trinajstić information content (AvgIpc) is 3.21. The standard InChI is InChI=1S/C18H26N4O2/c1-14(23)22(13-10-19-18(24)20-15-4-5-15)17-8-6-16(7-9-17)21-11-2-3-12-21/h6-9,15H,2-5,10-13H2,1H3,(H2,19,20,24). The predicted molar refractivity (Wildman–Crippen MR) is 95.5 cm³/mol. The van der Waals surface area contributed by atoms with Crippen molar-refractivity contribution in [3.63, 3.8) is 0 Å². The maximum atomic E-state index is 11.9. The van der Waals surface area contributed by atoms with Gasteiger partial charge in [0.05, 0.1) is 0 Å². The normalized spacial score (nSPS) is 16.8. The number of anilines is 2. The lowest BCUT2D eigenvalue weighted by atomic mass is 10.2. The second kappa shape index (κ2) is 7.55. The van der Waals surface area contributed by atoms with Gasteiger partial charge in [-0.05, 0) is 49.9 Å². The van der Waals surface area contributed by atoms with Crippen molar-refractivity contribution in [3.8, 4) is 0 Å². The minimum Gasteiger partial charge on any atom is -0.372 e. The van der Waals surface area contributed by atoms with Crippen LogP contribution < -0.4 is 20.4 Å². The van der Waals surface area contributed by atoms with Crippen LogP contribution in [-0.2, 0) is 4.79 Å². The number of nitrogens with zero attached hydrogens (tertiary/aromatic N) is 2. The van der Waals surface area contributed by atoms with Crippen molar-refractivity contribution < 1.29 is 9.59 Å². The van der Waals surface area contributed by atoms with Gasteiger partial charge in [0.25, 0.3) is 0 Å². The van der Waals surface area contributed by atoms with Crippen LogP contribution in [0.25, 0.3) is 0 Å². The molecule has 1 heterocycles. The summed E-state index contributed by atoms with van der Waals surface area (Å²) in [5, 5.41) is 5.69. The van der Waals surface area contributed by atoms with E-state index in [1.165, 1.54) is 18.5 Å². The molecule has 2 fully saturated rings. The van der Waals surface area contributed by atoms with Gasteiger partial charge in [0.15, 0.2) is 0 Å². The van der Waals surface area contributed by atoms with Crippen molar-refractivity contribution in [1.29, 1.82) is 0 Å². The second-order valence-corrected chi connectivity index (χ2v) is 6.56. The number of hydrogen-bond acceptors (Lipinski definition) is 3. The van der Waals surface area contributed by atoms with E-state index in [-0.39, 0.29) is 11.9 Å². The molecule has 0 radical (unpaired) electrons. The summed E-state index contributed by atoms with van der Waals surface area (Å²) in [6, 6.07) is 8.31. The summed E-state index contributed by atoms with van der Waals surface area (Å²) in [5.41, 5.74) is 2.08. The summed E-state index contributed by atoms with van der Waals surface area (Å²) < 4.78 is 0. The summed E-state index contributed by atoms with van der Waals surface area (Å²) in [6.07, 6.45) is 4.62. The zero-order valence-electron chi connectivity index (χ0n) is 14.3. The minimum atomic E-state index is -0.148. The van der Waals surface area contributed by atoms with Crippen molar-refractivity contribution in [1.82, 2.24) is 10.6 Å². The van der Waals surface area contributed by atoms with Crippen LogP contribution >= 0.6 is 0 Å². The largest absolute Gasteiger partial charge is 0.372 e. The lowest BCUT2D eigenvalue weighted by Gasteiger charge is -2.23. The Bertz CT molecular complexity index is 577. The third-order valence-corrected chi connectivity index (χ3v) is 4.55. The van der Waals surface area contributed by atoms with Gasteiger partial charge in [0.1, 0.15) is 0 Å². The van der Waals surface area contributed by atoms with E-state index in [9.17, 15) is 9.59 Å². The summed E-state index contributed by atoms with van der Waals surface area (Å²) in [7, 11) is 0. The Hall–Kier alpha value is -2.24. The summed E-state index contributed by atoms with van der Waals surface area (Å²) in [6.45, 7) is 4.67. The van der Waals surface area contributed by atoms with Crippen molar-refractivity contribution in [3.05, 3.63) is 24.3 Å². The fourth-order valence-corrected chi connectivity index (χ4v) is 3.03. The van der Waals surface area contributed by atoms with Crippen LogP contribution in [0.1, 0.15) is 32.6 Å². The number of hydrogen-bond donors (Lipinski definition) is 2. The number of urea groups is 1. The van der Waals surface area contributed by atoms with E-state index in [2.05, 4.69) is 27.7 Å². The molecule has 6 nitrogen and oxygen atoms in total. The SMILES string of the molecule is CC(=O)N(CCNC(=O)NC1CC1)c1ccc(N2CCCC2)cc1. The molecule has 3 rings (SSSR count). The van der Waals surface area contributed by atoms with Crippen LogP contribution in [0.2, 0.25) is 0 Å². The Labute approximate surface area is 143 Å². The quantitative estimate of drug-likeness (QED) is 0.839. The lowest BCUT2D eigenvalue weighted by molar-refractivity contribution is -0.116. The number of benzene rings is 1. The van der Waals surface area contributed by atoms with Crippen molar-refractivity contribution in [2.24, 2.45) is 0 Å².